The molecule has 2 amide bonds. The van der Waals surface area contributed by atoms with Crippen molar-refractivity contribution in [3.63, 3.8) is 0 Å². The third kappa shape index (κ3) is 4.89. The maximum Gasteiger partial charge on any atom is 0.269 e. The molecule has 2 unspecified atom stereocenters. The van der Waals surface area contributed by atoms with Gasteiger partial charge in [0, 0.05) is 52.1 Å². The van der Waals surface area contributed by atoms with E-state index >= 15 is 4.39 Å². The quantitative estimate of drug-likeness (QED) is 0.250. The van der Waals surface area contributed by atoms with Gasteiger partial charge in [-0.2, -0.15) is 5.10 Å². The summed E-state index contributed by atoms with van der Waals surface area (Å²) in [5.41, 5.74) is 8.51. The number of aromatic nitrogens is 4. The summed E-state index contributed by atoms with van der Waals surface area (Å²) in [6, 6.07) is 16.4. The lowest BCUT2D eigenvalue weighted by atomic mass is 9.93. The Morgan fingerprint density at radius 3 is 2.55 bits per heavy atom. The van der Waals surface area contributed by atoms with Crippen LogP contribution in [0.15, 0.2) is 79.4 Å². The van der Waals surface area contributed by atoms with Gasteiger partial charge in [-0.05, 0) is 36.2 Å². The van der Waals surface area contributed by atoms with Crippen LogP contribution in [0.2, 0.25) is 5.02 Å². The van der Waals surface area contributed by atoms with Crippen LogP contribution in [0, 0.1) is 11.7 Å². The molecule has 3 N–H and O–H groups in total. The lowest BCUT2D eigenvalue weighted by molar-refractivity contribution is -0.129. The zero-order valence-corrected chi connectivity index (χ0v) is 23.9. The van der Waals surface area contributed by atoms with E-state index in [1.165, 1.54) is 17.1 Å². The van der Waals surface area contributed by atoms with Crippen molar-refractivity contribution in [2.24, 2.45) is 11.7 Å². The van der Waals surface area contributed by atoms with Gasteiger partial charge >= 0.3 is 0 Å². The van der Waals surface area contributed by atoms with Crippen LogP contribution >= 0.6 is 11.6 Å². The van der Waals surface area contributed by atoms with Gasteiger partial charge in [-0.25, -0.2) is 14.4 Å². The highest BCUT2D eigenvalue weighted by atomic mass is 35.5. The van der Waals surface area contributed by atoms with Crippen molar-refractivity contribution in [3.05, 3.63) is 95.9 Å². The molecule has 2 aliphatic rings. The fourth-order valence-corrected chi connectivity index (χ4v) is 6.39. The summed E-state index contributed by atoms with van der Waals surface area (Å²) in [5, 5.41) is 7.97. The number of hydrogen-bond donors (Lipinski definition) is 2. The molecular formula is C32H25ClFN7O3. The Bertz CT molecular complexity index is 1960. The number of nitrogens with two attached hydrogens (primary N) is 1. The normalized spacial score (nSPS) is 20.3. The highest BCUT2D eigenvalue weighted by Crippen LogP contribution is 2.42. The minimum absolute atomic E-state index is 0.0120. The minimum Gasteiger partial charge on any atom is -0.364 e. The molecule has 0 bridgehead atoms. The molecule has 7 rings (SSSR count). The molecule has 0 spiro atoms. The summed E-state index contributed by atoms with van der Waals surface area (Å²) in [4.78, 5) is 49.6. The van der Waals surface area contributed by atoms with Gasteiger partial charge in [-0.15, -0.1) is 0 Å². The molecule has 2 saturated heterocycles. The maximum absolute atomic E-state index is 15.6. The van der Waals surface area contributed by atoms with Crippen LogP contribution in [-0.2, 0) is 16.1 Å². The molecular weight excluding hydrogens is 585 g/mol. The second-order valence-corrected chi connectivity index (χ2v) is 11.4. The number of ketones is 1. The standard InChI is InChI=1S/C32H25ClFN7O3/c33-24-6-2-1-4-20(24)21-5-3-7-25(28(21)34)38-32(44)23-11-19-14-40(19)30(23)27(42)15-41-26-9-8-17(18-12-36-16-37-13-18)10-22(26)29(39-41)31(35)43/h1-10,12-13,16,19,23,30H,11,14-15H2,(H2,35,43)(H,38,44)/t19-,23+,30?,40?/m1/s1. The third-order valence-corrected chi connectivity index (χ3v) is 8.62. The Morgan fingerprint density at radius 2 is 1.77 bits per heavy atom. The minimum atomic E-state index is -0.729. The highest BCUT2D eigenvalue weighted by Gasteiger charge is 2.56. The SMILES string of the molecule is NC(=O)c1nn(CC(=O)C2[C@@H](C(=O)Nc3cccc(-c4ccccc4Cl)c3F)C[C@@H]3CN23)c2ccc(-c3cncnc3)cc12. The number of fused-ring (bicyclic) bond motifs is 2. The summed E-state index contributed by atoms with van der Waals surface area (Å²) in [6.45, 7) is 0.525. The number of carbonyl (C=O) groups excluding carboxylic acids is 3. The summed E-state index contributed by atoms with van der Waals surface area (Å²) < 4.78 is 17.0. The average Bonchev–Trinajstić information content (AvgIpc) is 3.53. The summed E-state index contributed by atoms with van der Waals surface area (Å²) in [5.74, 6) is -2.71. The zero-order valence-electron chi connectivity index (χ0n) is 23.2. The molecule has 10 nitrogen and oxygen atoms in total. The second kappa shape index (κ2) is 10.9. The molecule has 2 fully saturated rings. The van der Waals surface area contributed by atoms with Crippen molar-refractivity contribution in [1.29, 1.82) is 0 Å². The fourth-order valence-electron chi connectivity index (χ4n) is 6.15. The van der Waals surface area contributed by atoms with Gasteiger partial charge in [-0.1, -0.05) is 48.0 Å². The Labute approximate surface area is 255 Å². The van der Waals surface area contributed by atoms with Gasteiger partial charge in [0.25, 0.3) is 5.91 Å². The van der Waals surface area contributed by atoms with Gasteiger partial charge in [0.2, 0.25) is 5.91 Å². The van der Waals surface area contributed by atoms with Crippen LogP contribution in [-0.4, -0.2) is 60.9 Å². The van der Waals surface area contributed by atoms with Crippen LogP contribution in [0.4, 0.5) is 10.1 Å². The molecule has 12 heteroatoms. The first-order valence-corrected chi connectivity index (χ1v) is 14.4. The first kappa shape index (κ1) is 27.8. The maximum atomic E-state index is 15.6. The van der Waals surface area contributed by atoms with E-state index < -0.39 is 29.6 Å². The first-order chi connectivity index (χ1) is 21.3. The predicted molar refractivity (Wildman–Crippen MR) is 162 cm³/mol. The van der Waals surface area contributed by atoms with E-state index in [4.69, 9.17) is 17.3 Å². The third-order valence-electron chi connectivity index (χ3n) is 8.29. The number of halogens is 2. The summed E-state index contributed by atoms with van der Waals surface area (Å²) in [6.07, 6.45) is 5.20. The van der Waals surface area contributed by atoms with Crippen LogP contribution < -0.4 is 11.1 Å². The number of piperidine rings is 1. The fraction of sp³-hybridized carbons (Fsp3) is 0.188. The van der Waals surface area contributed by atoms with Gasteiger partial charge in [0.1, 0.15) is 12.9 Å². The van der Waals surface area contributed by atoms with E-state index in [1.54, 1.807) is 60.9 Å². The molecule has 2 aliphatic heterocycles. The number of hydrogen-bond acceptors (Lipinski definition) is 7. The Kier molecular flexibility index (Phi) is 6.91. The van der Waals surface area contributed by atoms with Crippen molar-refractivity contribution in [3.8, 4) is 22.3 Å². The zero-order chi connectivity index (χ0) is 30.5. The number of amides is 2. The molecule has 220 valence electrons. The molecule has 0 saturated carbocycles. The number of rotatable bonds is 8. The van der Waals surface area contributed by atoms with E-state index in [1.807, 2.05) is 11.0 Å². The number of nitrogens with one attached hydrogen (secondary N) is 1. The average molecular weight is 610 g/mol. The molecule has 44 heavy (non-hydrogen) atoms. The van der Waals surface area contributed by atoms with Crippen LogP contribution in [0.5, 0.6) is 0 Å². The van der Waals surface area contributed by atoms with Gasteiger partial charge in [-0.3, -0.25) is 24.0 Å². The smallest absolute Gasteiger partial charge is 0.269 e. The Hall–Kier alpha value is -5.00. The number of nitrogens with zero attached hydrogens (tertiary/aromatic N) is 5. The molecule has 5 aromatic rings. The van der Waals surface area contributed by atoms with E-state index in [-0.39, 0.29) is 35.3 Å². The molecule has 3 aromatic carbocycles. The van der Waals surface area contributed by atoms with E-state index in [2.05, 4.69) is 20.4 Å². The largest absolute Gasteiger partial charge is 0.364 e. The highest BCUT2D eigenvalue weighted by molar-refractivity contribution is 6.33. The first-order valence-electron chi connectivity index (χ1n) is 14.0. The monoisotopic (exact) mass is 609 g/mol. The second-order valence-electron chi connectivity index (χ2n) is 11.0. The molecule has 0 aliphatic carbocycles. The van der Waals surface area contributed by atoms with Gasteiger partial charge < -0.3 is 11.1 Å². The van der Waals surface area contributed by atoms with Crippen molar-refractivity contribution >= 4 is 45.8 Å². The lowest BCUT2D eigenvalue weighted by Gasteiger charge is -2.22. The van der Waals surface area contributed by atoms with Crippen molar-refractivity contribution in [2.45, 2.75) is 25.0 Å². The Balaban J connectivity index is 1.14. The van der Waals surface area contributed by atoms with Crippen molar-refractivity contribution < 1.29 is 18.8 Å². The molecule has 4 heterocycles. The number of benzene rings is 3. The number of anilines is 1. The van der Waals surface area contributed by atoms with E-state index in [9.17, 15) is 14.4 Å². The topological polar surface area (TPSA) is 136 Å². The summed E-state index contributed by atoms with van der Waals surface area (Å²) in [7, 11) is 0. The van der Waals surface area contributed by atoms with Gasteiger partial charge in [0.05, 0.1) is 23.2 Å². The molecule has 0 radical (unpaired) electrons. The van der Waals surface area contributed by atoms with Crippen LogP contribution in [0.1, 0.15) is 16.9 Å². The molecule has 4 atom stereocenters. The lowest BCUT2D eigenvalue weighted by Crippen LogP contribution is -2.41. The van der Waals surface area contributed by atoms with Crippen molar-refractivity contribution in [1.82, 2.24) is 24.6 Å². The Morgan fingerprint density at radius 1 is 1.00 bits per heavy atom. The molecule has 2 aromatic heterocycles. The predicted octanol–water partition coefficient (Wildman–Crippen LogP) is 4.33. The van der Waals surface area contributed by atoms with Crippen LogP contribution in [0.3, 0.4) is 0 Å². The van der Waals surface area contributed by atoms with Crippen molar-refractivity contribution in [2.75, 3.05) is 11.9 Å². The number of primary amides is 1. The van der Waals surface area contributed by atoms with Gasteiger partial charge in [0.15, 0.2) is 17.3 Å². The summed E-state index contributed by atoms with van der Waals surface area (Å²) >= 11 is 6.29. The number of Topliss-reactive ketones (excluding diaryl/α,β-unsaturated/α-hetero) is 1. The van der Waals surface area contributed by atoms with E-state index in [0.717, 1.165) is 11.1 Å². The van der Waals surface area contributed by atoms with Crippen LogP contribution in [0.25, 0.3) is 33.2 Å². The van der Waals surface area contributed by atoms with E-state index in [0.29, 0.717) is 34.5 Å². The number of carbonyl (C=O) groups is 3.